The Kier molecular flexibility index (Phi) is 34.1. The monoisotopic (exact) mass is 267 g/mol. The fourth-order valence-corrected chi connectivity index (χ4v) is 0.675. The first kappa shape index (κ1) is 25.7. The summed E-state index contributed by atoms with van der Waals surface area (Å²) in [5.41, 5.74) is 4.99. The van der Waals surface area contributed by atoms with Gasteiger partial charge in [-0.05, 0) is 13.0 Å². The Balaban J connectivity index is -0.000000107. The van der Waals surface area contributed by atoms with Crippen molar-refractivity contribution in [3.63, 3.8) is 0 Å². The van der Waals surface area contributed by atoms with Crippen molar-refractivity contribution in [3.8, 4) is 0 Å². The Morgan fingerprint density at radius 1 is 1.08 bits per heavy atom. The second-order valence-electron chi connectivity index (χ2n) is 1.49. The van der Waals surface area contributed by atoms with Gasteiger partial charge in [0.2, 0.25) is 0 Å². The van der Waals surface area contributed by atoms with E-state index in [1.54, 1.807) is 0 Å². The Labute approximate surface area is 201 Å². The van der Waals surface area contributed by atoms with E-state index < -0.39 is 9.05 Å². The second-order valence-corrected chi connectivity index (χ2v) is 2.78. The molecule has 0 aliphatic rings. The molecule has 9 heteroatoms. The van der Waals surface area contributed by atoms with Gasteiger partial charge in [-0.25, -0.2) is 0 Å². The van der Waals surface area contributed by atoms with E-state index in [1.165, 1.54) is 0 Å². The number of hydrogen-bond donors (Lipinski definition) is 1. The fraction of sp³-hybridized carbons (Fsp3) is 1.00. The van der Waals surface area contributed by atoms with Crippen molar-refractivity contribution in [2.45, 2.75) is 6.42 Å². The summed E-state index contributed by atoms with van der Waals surface area (Å²) in [6, 6.07) is 0. The van der Waals surface area contributed by atoms with Crippen molar-refractivity contribution in [2.24, 2.45) is 5.73 Å². The van der Waals surface area contributed by atoms with Gasteiger partial charge in [-0.15, -0.1) is 9.05 Å². The van der Waals surface area contributed by atoms with Crippen LogP contribution < -0.4 is 174 Å². The third kappa shape index (κ3) is 24.2. The zero-order chi connectivity index (χ0) is 7.33. The molecule has 0 aliphatic heterocycles. The van der Waals surface area contributed by atoms with Crippen LogP contribution in [-0.2, 0) is 4.43 Å². The molecule has 0 aromatic heterocycles. The van der Waals surface area contributed by atoms with Crippen molar-refractivity contribution in [1.29, 1.82) is 0 Å². The molecule has 0 aromatic rings. The molecule has 5 nitrogen and oxygen atoms in total. The summed E-state index contributed by atoms with van der Waals surface area (Å²) in [5.74, 6) is 0. The van der Waals surface area contributed by atoms with E-state index in [0.29, 0.717) is 13.0 Å². The SMILES string of the molecule is NCCCO[Si]([O-])([O-])[O-].[K+].[K+].[K+]. The summed E-state index contributed by atoms with van der Waals surface area (Å²) >= 11 is 0. The largest absolute Gasteiger partial charge is 1.00 e. The summed E-state index contributed by atoms with van der Waals surface area (Å²) in [4.78, 5) is 29.2. The van der Waals surface area contributed by atoms with Gasteiger partial charge in [0, 0.05) is 6.61 Å². The van der Waals surface area contributed by atoms with Gasteiger partial charge in [-0.1, -0.05) is 0 Å². The van der Waals surface area contributed by atoms with Crippen molar-refractivity contribution in [2.75, 3.05) is 13.2 Å². The molecular weight excluding hydrogens is 259 g/mol. The van der Waals surface area contributed by atoms with Crippen LogP contribution in [0.3, 0.4) is 0 Å². The van der Waals surface area contributed by atoms with Crippen LogP contribution in [0.15, 0.2) is 0 Å². The third-order valence-electron chi connectivity index (χ3n) is 0.627. The van der Waals surface area contributed by atoms with Gasteiger partial charge in [0.15, 0.2) is 0 Å². The molecule has 0 atom stereocenters. The molecule has 0 fully saturated rings. The molecule has 0 bridgehead atoms. The minimum atomic E-state index is -5.00. The normalized spacial score (nSPS) is 9.00. The van der Waals surface area contributed by atoms with Crippen LogP contribution in [0.4, 0.5) is 0 Å². The summed E-state index contributed by atoms with van der Waals surface area (Å²) < 4.78 is 3.86. The van der Waals surface area contributed by atoms with Crippen LogP contribution in [0.2, 0.25) is 0 Å². The Bertz CT molecular complexity index is 82.4. The maximum absolute atomic E-state index is 9.74. The molecule has 12 heavy (non-hydrogen) atoms. The van der Waals surface area contributed by atoms with E-state index >= 15 is 0 Å². The van der Waals surface area contributed by atoms with Crippen LogP contribution in [0, 0.1) is 0 Å². The molecule has 2 N–H and O–H groups in total. The predicted molar refractivity (Wildman–Crippen MR) is 25.4 cm³/mol. The van der Waals surface area contributed by atoms with E-state index in [9.17, 15) is 14.4 Å². The topological polar surface area (TPSA) is 104 Å². The minimum Gasteiger partial charge on any atom is -0.861 e. The van der Waals surface area contributed by atoms with Crippen LogP contribution in [-0.4, -0.2) is 22.2 Å². The first-order chi connectivity index (χ1) is 4.06. The summed E-state index contributed by atoms with van der Waals surface area (Å²) in [5, 5.41) is 0. The molecule has 0 rings (SSSR count). The predicted octanol–water partition coefficient (Wildman–Crippen LogP) is -13.1. The molecule has 0 saturated heterocycles. The van der Waals surface area contributed by atoms with E-state index in [2.05, 4.69) is 4.43 Å². The average molecular weight is 267 g/mol. The van der Waals surface area contributed by atoms with Crippen LogP contribution >= 0.6 is 0 Å². The van der Waals surface area contributed by atoms with Crippen molar-refractivity contribution >= 4 is 9.05 Å². The quantitative estimate of drug-likeness (QED) is 0.402. The van der Waals surface area contributed by atoms with Gasteiger partial charge >= 0.3 is 154 Å². The Hall–Kier alpha value is 4.93. The zero-order valence-corrected chi connectivity index (χ0v) is 18.2. The Morgan fingerprint density at radius 2 is 1.50 bits per heavy atom. The molecule has 0 radical (unpaired) electrons. The standard InChI is InChI=1S/C3H8NO4Si.3K/c4-2-1-3-8-9(5,6)7;;;/h1-4H2;;;/q-3;3*+1. The van der Waals surface area contributed by atoms with Crippen LogP contribution in [0.1, 0.15) is 6.42 Å². The minimum absolute atomic E-state index is 0. The third-order valence-corrected chi connectivity index (χ3v) is 1.18. The molecule has 0 aliphatic carbocycles. The maximum atomic E-state index is 9.74. The molecule has 0 spiro atoms. The van der Waals surface area contributed by atoms with Crippen LogP contribution in [0.25, 0.3) is 0 Å². The van der Waals surface area contributed by atoms with Gasteiger partial charge in [-0.2, -0.15) is 0 Å². The maximum Gasteiger partial charge on any atom is 1.00 e. The molecular formula is C3H8K3NO4Si. The summed E-state index contributed by atoms with van der Waals surface area (Å²) in [6.07, 6.45) is 0.390. The molecule has 56 valence electrons. The van der Waals surface area contributed by atoms with E-state index in [4.69, 9.17) is 5.73 Å². The number of nitrogens with two attached hydrogens (primary N) is 1. The van der Waals surface area contributed by atoms with Crippen molar-refractivity contribution < 1.29 is 173 Å². The van der Waals surface area contributed by atoms with E-state index in [0.717, 1.165) is 0 Å². The van der Waals surface area contributed by atoms with Crippen molar-refractivity contribution in [3.05, 3.63) is 0 Å². The number of hydrogen-bond acceptors (Lipinski definition) is 5. The molecule has 0 amide bonds. The van der Waals surface area contributed by atoms with Gasteiger partial charge < -0.3 is 24.5 Å². The van der Waals surface area contributed by atoms with E-state index in [-0.39, 0.29) is 161 Å². The first-order valence-electron chi connectivity index (χ1n) is 2.51. The summed E-state index contributed by atoms with van der Waals surface area (Å²) in [6.45, 7) is 0.226. The number of rotatable bonds is 4. The molecule has 0 heterocycles. The molecule has 0 saturated carbocycles. The van der Waals surface area contributed by atoms with Crippen LogP contribution in [0.5, 0.6) is 0 Å². The first-order valence-corrected chi connectivity index (χ1v) is 4.15. The van der Waals surface area contributed by atoms with Gasteiger partial charge in [0.1, 0.15) is 0 Å². The van der Waals surface area contributed by atoms with Gasteiger partial charge in [0.05, 0.1) is 0 Å². The smallest absolute Gasteiger partial charge is 0.861 e. The van der Waals surface area contributed by atoms with Crippen molar-refractivity contribution in [1.82, 2.24) is 0 Å². The van der Waals surface area contributed by atoms with E-state index in [1.807, 2.05) is 0 Å². The zero-order valence-electron chi connectivity index (χ0n) is 7.83. The van der Waals surface area contributed by atoms with Gasteiger partial charge in [-0.3, -0.25) is 0 Å². The second kappa shape index (κ2) is 15.9. The fourth-order valence-electron chi connectivity index (χ4n) is 0.281. The molecule has 0 aromatic carbocycles. The molecule has 0 unspecified atom stereocenters. The Morgan fingerprint density at radius 3 is 1.75 bits per heavy atom. The average Bonchev–Trinajstić information content (AvgIpc) is 1.63. The summed E-state index contributed by atoms with van der Waals surface area (Å²) in [7, 11) is -5.00. The van der Waals surface area contributed by atoms with Gasteiger partial charge in [0.25, 0.3) is 0 Å².